The Labute approximate surface area is 114 Å². The second-order valence-corrected chi connectivity index (χ2v) is 6.12. The standard InChI is InChI=1S/C13H21NO4S/c1-3-8-14-19(16,17)13-6-4-11(5-7-13)9-12(15)10-18-2/h4-7,12,14-15H,3,8-10H2,1-2H3. The molecular weight excluding hydrogens is 266 g/mol. The van der Waals surface area contributed by atoms with E-state index in [0.29, 0.717) is 13.0 Å². The Bertz CT molecular complexity index is 470. The lowest BCUT2D eigenvalue weighted by molar-refractivity contribution is 0.0650. The van der Waals surface area contributed by atoms with E-state index in [2.05, 4.69) is 4.72 Å². The first kappa shape index (κ1) is 16.1. The number of benzene rings is 1. The van der Waals surface area contributed by atoms with Gasteiger partial charge >= 0.3 is 0 Å². The van der Waals surface area contributed by atoms with Gasteiger partial charge in [-0.15, -0.1) is 0 Å². The van der Waals surface area contributed by atoms with Crippen LogP contribution in [0.25, 0.3) is 0 Å². The van der Waals surface area contributed by atoms with Gasteiger partial charge in [-0.2, -0.15) is 0 Å². The lowest BCUT2D eigenvalue weighted by Crippen LogP contribution is -2.24. The Morgan fingerprint density at radius 1 is 1.32 bits per heavy atom. The maximum atomic E-state index is 11.8. The summed E-state index contributed by atoms with van der Waals surface area (Å²) in [6, 6.07) is 6.51. The highest BCUT2D eigenvalue weighted by molar-refractivity contribution is 7.89. The zero-order valence-electron chi connectivity index (χ0n) is 11.3. The van der Waals surface area contributed by atoms with Crippen molar-refractivity contribution >= 4 is 10.0 Å². The molecule has 0 saturated heterocycles. The van der Waals surface area contributed by atoms with Crippen molar-refractivity contribution in [3.8, 4) is 0 Å². The van der Waals surface area contributed by atoms with Crippen LogP contribution in [-0.4, -0.2) is 39.9 Å². The molecule has 0 aliphatic heterocycles. The topological polar surface area (TPSA) is 75.6 Å². The molecule has 1 atom stereocenters. The SMILES string of the molecule is CCCNS(=O)(=O)c1ccc(CC(O)COC)cc1. The minimum Gasteiger partial charge on any atom is -0.390 e. The molecule has 1 aromatic carbocycles. The van der Waals surface area contributed by atoms with Gasteiger partial charge in [0.15, 0.2) is 0 Å². The zero-order chi connectivity index (χ0) is 14.3. The first-order valence-electron chi connectivity index (χ1n) is 6.25. The normalized spacial score (nSPS) is 13.4. The fourth-order valence-electron chi connectivity index (χ4n) is 1.65. The number of aliphatic hydroxyl groups is 1. The van der Waals surface area contributed by atoms with E-state index >= 15 is 0 Å². The van der Waals surface area contributed by atoms with Crippen molar-refractivity contribution in [1.29, 1.82) is 0 Å². The molecule has 5 nitrogen and oxygen atoms in total. The average Bonchev–Trinajstić information content (AvgIpc) is 2.37. The fraction of sp³-hybridized carbons (Fsp3) is 0.538. The van der Waals surface area contributed by atoms with E-state index in [1.807, 2.05) is 6.92 Å². The highest BCUT2D eigenvalue weighted by Gasteiger charge is 2.13. The predicted molar refractivity (Wildman–Crippen MR) is 73.5 cm³/mol. The van der Waals surface area contributed by atoms with Gasteiger partial charge in [0, 0.05) is 20.1 Å². The van der Waals surface area contributed by atoms with Crippen LogP contribution in [-0.2, 0) is 21.2 Å². The molecule has 6 heteroatoms. The third-order valence-electron chi connectivity index (χ3n) is 2.61. The minimum atomic E-state index is -3.42. The van der Waals surface area contributed by atoms with Gasteiger partial charge in [-0.3, -0.25) is 0 Å². The number of hydrogen-bond donors (Lipinski definition) is 2. The number of sulfonamides is 1. The van der Waals surface area contributed by atoms with E-state index < -0.39 is 16.1 Å². The Balaban J connectivity index is 2.71. The number of rotatable bonds is 8. The molecule has 0 aliphatic carbocycles. The van der Waals surface area contributed by atoms with Gasteiger partial charge < -0.3 is 9.84 Å². The van der Waals surface area contributed by atoms with Crippen LogP contribution in [0.4, 0.5) is 0 Å². The molecule has 0 aromatic heterocycles. The molecule has 0 radical (unpaired) electrons. The van der Waals surface area contributed by atoms with Crippen molar-refractivity contribution in [1.82, 2.24) is 4.72 Å². The van der Waals surface area contributed by atoms with E-state index in [1.54, 1.807) is 24.3 Å². The summed E-state index contributed by atoms with van der Waals surface area (Å²) < 4.78 is 31.0. The summed E-state index contributed by atoms with van der Waals surface area (Å²) in [5, 5.41) is 9.59. The summed E-state index contributed by atoms with van der Waals surface area (Å²) in [4.78, 5) is 0.242. The lowest BCUT2D eigenvalue weighted by atomic mass is 10.1. The smallest absolute Gasteiger partial charge is 0.240 e. The second kappa shape index (κ2) is 7.59. The van der Waals surface area contributed by atoms with E-state index in [-0.39, 0.29) is 11.5 Å². The van der Waals surface area contributed by atoms with Crippen LogP contribution in [0, 0.1) is 0 Å². The first-order chi connectivity index (χ1) is 8.99. The van der Waals surface area contributed by atoms with E-state index in [0.717, 1.165) is 12.0 Å². The monoisotopic (exact) mass is 287 g/mol. The van der Waals surface area contributed by atoms with Crippen LogP contribution < -0.4 is 4.72 Å². The van der Waals surface area contributed by atoms with Gasteiger partial charge in [0.1, 0.15) is 0 Å². The van der Waals surface area contributed by atoms with Crippen LogP contribution in [0.2, 0.25) is 0 Å². The molecule has 0 fully saturated rings. The molecule has 0 amide bonds. The fourth-order valence-corrected chi connectivity index (χ4v) is 2.78. The highest BCUT2D eigenvalue weighted by Crippen LogP contribution is 2.12. The van der Waals surface area contributed by atoms with E-state index in [4.69, 9.17) is 4.74 Å². The summed E-state index contributed by atoms with van der Waals surface area (Å²) >= 11 is 0. The van der Waals surface area contributed by atoms with Crippen molar-refractivity contribution < 1.29 is 18.3 Å². The van der Waals surface area contributed by atoms with Crippen LogP contribution in [0.1, 0.15) is 18.9 Å². The third kappa shape index (κ3) is 5.28. The molecule has 19 heavy (non-hydrogen) atoms. The summed E-state index contributed by atoms with van der Waals surface area (Å²) in [7, 11) is -1.89. The van der Waals surface area contributed by atoms with E-state index in [1.165, 1.54) is 7.11 Å². The van der Waals surface area contributed by atoms with E-state index in [9.17, 15) is 13.5 Å². The lowest BCUT2D eigenvalue weighted by Gasteiger charge is -2.10. The molecule has 1 aromatic rings. The summed E-state index contributed by atoms with van der Waals surface area (Å²) in [5.74, 6) is 0. The largest absolute Gasteiger partial charge is 0.390 e. The molecule has 108 valence electrons. The van der Waals surface area contributed by atoms with Crippen molar-refractivity contribution in [2.24, 2.45) is 0 Å². The highest BCUT2D eigenvalue weighted by atomic mass is 32.2. The molecule has 0 heterocycles. The van der Waals surface area contributed by atoms with Gasteiger partial charge in [0.2, 0.25) is 10.0 Å². The van der Waals surface area contributed by atoms with Crippen LogP contribution in [0.3, 0.4) is 0 Å². The Kier molecular flexibility index (Phi) is 6.44. The summed E-state index contributed by atoms with van der Waals surface area (Å²) in [5.41, 5.74) is 0.874. The number of ether oxygens (including phenoxy) is 1. The maximum absolute atomic E-state index is 11.8. The molecule has 1 unspecified atom stereocenters. The molecule has 0 saturated carbocycles. The first-order valence-corrected chi connectivity index (χ1v) is 7.73. The van der Waals surface area contributed by atoms with Gasteiger partial charge in [0.05, 0.1) is 17.6 Å². The van der Waals surface area contributed by atoms with Crippen LogP contribution in [0.15, 0.2) is 29.2 Å². The molecule has 0 spiro atoms. The molecular formula is C13H21NO4S. The number of methoxy groups -OCH3 is 1. The zero-order valence-corrected chi connectivity index (χ0v) is 12.1. The molecule has 0 bridgehead atoms. The molecule has 2 N–H and O–H groups in total. The second-order valence-electron chi connectivity index (χ2n) is 4.36. The third-order valence-corrected chi connectivity index (χ3v) is 4.08. The number of hydrogen-bond acceptors (Lipinski definition) is 4. The van der Waals surface area contributed by atoms with Crippen molar-refractivity contribution in [3.05, 3.63) is 29.8 Å². The Morgan fingerprint density at radius 3 is 2.47 bits per heavy atom. The van der Waals surface area contributed by atoms with Crippen molar-refractivity contribution in [2.75, 3.05) is 20.3 Å². The maximum Gasteiger partial charge on any atom is 0.240 e. The van der Waals surface area contributed by atoms with Gasteiger partial charge in [0.25, 0.3) is 0 Å². The molecule has 1 rings (SSSR count). The van der Waals surface area contributed by atoms with Crippen LogP contribution >= 0.6 is 0 Å². The quantitative estimate of drug-likeness (QED) is 0.745. The predicted octanol–water partition coefficient (Wildman–Crippen LogP) is 0.925. The van der Waals surface area contributed by atoms with Gasteiger partial charge in [-0.25, -0.2) is 13.1 Å². The minimum absolute atomic E-state index is 0.242. The van der Waals surface area contributed by atoms with Crippen molar-refractivity contribution in [2.45, 2.75) is 30.8 Å². The number of nitrogens with one attached hydrogen (secondary N) is 1. The number of aliphatic hydroxyl groups excluding tert-OH is 1. The van der Waals surface area contributed by atoms with Crippen LogP contribution in [0.5, 0.6) is 0 Å². The summed E-state index contributed by atoms with van der Waals surface area (Å²) in [6.45, 7) is 2.59. The summed E-state index contributed by atoms with van der Waals surface area (Å²) in [6.07, 6.45) is 0.613. The Hall–Kier alpha value is -0.950. The molecule has 0 aliphatic rings. The Morgan fingerprint density at radius 2 is 1.95 bits per heavy atom. The van der Waals surface area contributed by atoms with Gasteiger partial charge in [-0.05, 0) is 24.1 Å². The van der Waals surface area contributed by atoms with Crippen molar-refractivity contribution in [3.63, 3.8) is 0 Å². The van der Waals surface area contributed by atoms with Gasteiger partial charge in [-0.1, -0.05) is 19.1 Å². The average molecular weight is 287 g/mol.